The maximum Gasteiger partial charge on any atom is 0.251 e. The molecular weight excluding hydrogens is 390 g/mol. The lowest BCUT2D eigenvalue weighted by Gasteiger charge is -2.45. The molecule has 8 heteroatoms. The van der Waals surface area contributed by atoms with Crippen LogP contribution < -0.4 is 10.1 Å². The van der Waals surface area contributed by atoms with E-state index in [0.29, 0.717) is 11.3 Å². The van der Waals surface area contributed by atoms with Gasteiger partial charge >= 0.3 is 0 Å². The standard InChI is InChI=1S/C22H27NO7/c1-12-9-14(13-5-4-6-15(10-13)20(28)23-3)7-8-16(12)29-21-18(26)17(25)19(27)22(2,11-24)30-21/h4-10,17-19,21,24-27H,11H2,1-3H3,(H,23,28)/t17-,18+,19-,21-,22+/m0/s1. The van der Waals surface area contributed by atoms with Gasteiger partial charge in [-0.2, -0.15) is 0 Å². The van der Waals surface area contributed by atoms with Gasteiger partial charge in [0.15, 0.2) is 0 Å². The van der Waals surface area contributed by atoms with Crippen LogP contribution in [0.1, 0.15) is 22.8 Å². The van der Waals surface area contributed by atoms with Crippen LogP contribution >= 0.6 is 0 Å². The Bertz CT molecular complexity index is 918. The summed E-state index contributed by atoms with van der Waals surface area (Å²) in [5.74, 6) is 0.235. The maximum absolute atomic E-state index is 11.9. The van der Waals surface area contributed by atoms with Crippen LogP contribution in [0.4, 0.5) is 0 Å². The molecule has 1 aliphatic heterocycles. The Morgan fingerprint density at radius 2 is 1.83 bits per heavy atom. The van der Waals surface area contributed by atoms with Crippen molar-refractivity contribution in [2.45, 2.75) is 44.1 Å². The minimum Gasteiger partial charge on any atom is -0.462 e. The van der Waals surface area contributed by atoms with E-state index in [2.05, 4.69) is 5.32 Å². The fraction of sp³-hybridized carbons (Fsp3) is 0.409. The van der Waals surface area contributed by atoms with Gasteiger partial charge in [-0.3, -0.25) is 4.79 Å². The van der Waals surface area contributed by atoms with Crippen LogP contribution in [0.25, 0.3) is 11.1 Å². The number of hydrogen-bond acceptors (Lipinski definition) is 7. The van der Waals surface area contributed by atoms with Gasteiger partial charge in [-0.25, -0.2) is 0 Å². The van der Waals surface area contributed by atoms with Crippen molar-refractivity contribution < 1.29 is 34.7 Å². The zero-order valence-electron chi connectivity index (χ0n) is 17.1. The predicted octanol–water partition coefficient (Wildman–Crippen LogP) is 0.590. The molecule has 1 saturated heterocycles. The average molecular weight is 417 g/mol. The fourth-order valence-corrected chi connectivity index (χ4v) is 3.41. The first-order chi connectivity index (χ1) is 14.2. The minimum atomic E-state index is -1.53. The Morgan fingerprint density at radius 3 is 2.47 bits per heavy atom. The third kappa shape index (κ3) is 4.19. The summed E-state index contributed by atoms with van der Waals surface area (Å²) in [5.41, 5.74) is 1.53. The highest BCUT2D eigenvalue weighted by Gasteiger charge is 2.51. The summed E-state index contributed by atoms with van der Waals surface area (Å²) in [5, 5.41) is 42.6. The lowest BCUT2D eigenvalue weighted by Crippen LogP contribution is -2.65. The smallest absolute Gasteiger partial charge is 0.251 e. The van der Waals surface area contributed by atoms with Crippen molar-refractivity contribution in [1.29, 1.82) is 0 Å². The molecule has 1 fully saturated rings. The Morgan fingerprint density at radius 1 is 1.13 bits per heavy atom. The van der Waals surface area contributed by atoms with Crippen molar-refractivity contribution in [2.75, 3.05) is 13.7 Å². The van der Waals surface area contributed by atoms with Crippen molar-refractivity contribution in [1.82, 2.24) is 5.32 Å². The van der Waals surface area contributed by atoms with E-state index in [1.165, 1.54) is 6.92 Å². The van der Waals surface area contributed by atoms with Crippen LogP contribution in [0.15, 0.2) is 42.5 Å². The molecule has 8 nitrogen and oxygen atoms in total. The molecule has 5 N–H and O–H groups in total. The number of carbonyl (C=O) groups is 1. The molecule has 0 unspecified atom stereocenters. The van der Waals surface area contributed by atoms with Crippen molar-refractivity contribution >= 4 is 5.91 Å². The Kier molecular flexibility index (Phi) is 6.44. The summed E-state index contributed by atoms with van der Waals surface area (Å²) in [6, 6.07) is 12.6. The van der Waals surface area contributed by atoms with Crippen LogP contribution in [-0.4, -0.2) is 70.2 Å². The summed E-state index contributed by atoms with van der Waals surface area (Å²) in [6.45, 7) is 2.68. The highest BCUT2D eigenvalue weighted by Crippen LogP contribution is 2.33. The molecule has 162 valence electrons. The first-order valence-electron chi connectivity index (χ1n) is 9.63. The Balaban J connectivity index is 1.83. The van der Waals surface area contributed by atoms with Gasteiger partial charge in [0.25, 0.3) is 5.91 Å². The van der Waals surface area contributed by atoms with Gasteiger partial charge in [0, 0.05) is 12.6 Å². The quantitative estimate of drug-likeness (QED) is 0.482. The predicted molar refractivity (Wildman–Crippen MR) is 109 cm³/mol. The summed E-state index contributed by atoms with van der Waals surface area (Å²) < 4.78 is 11.3. The van der Waals surface area contributed by atoms with Gasteiger partial charge in [-0.15, -0.1) is 0 Å². The van der Waals surface area contributed by atoms with Crippen molar-refractivity contribution in [3.8, 4) is 16.9 Å². The second-order valence-electron chi connectivity index (χ2n) is 7.64. The van der Waals surface area contributed by atoms with E-state index in [4.69, 9.17) is 9.47 Å². The van der Waals surface area contributed by atoms with Crippen LogP contribution in [0.3, 0.4) is 0 Å². The van der Waals surface area contributed by atoms with Gasteiger partial charge < -0.3 is 35.2 Å². The van der Waals surface area contributed by atoms with E-state index in [1.807, 2.05) is 19.1 Å². The summed E-state index contributed by atoms with van der Waals surface area (Å²) >= 11 is 0. The number of rotatable bonds is 5. The number of aryl methyl sites for hydroxylation is 1. The molecule has 3 rings (SSSR count). The third-order valence-electron chi connectivity index (χ3n) is 5.38. The largest absolute Gasteiger partial charge is 0.462 e. The van der Waals surface area contributed by atoms with Gasteiger partial charge in [0.05, 0.1) is 6.61 Å². The molecule has 0 aliphatic carbocycles. The molecule has 0 bridgehead atoms. The van der Waals surface area contributed by atoms with E-state index in [-0.39, 0.29) is 5.91 Å². The molecule has 5 atom stereocenters. The SMILES string of the molecule is CNC(=O)c1cccc(-c2ccc(O[C@H]3O[C@](C)(CO)[C@@H](O)[C@@H](O)[C@H]3O)c(C)c2)c1. The molecule has 1 aliphatic rings. The number of aliphatic hydroxyl groups excluding tert-OH is 4. The second kappa shape index (κ2) is 8.71. The summed E-state index contributed by atoms with van der Waals surface area (Å²) in [4.78, 5) is 11.9. The van der Waals surface area contributed by atoms with Crippen molar-refractivity contribution in [3.05, 3.63) is 53.6 Å². The Hall–Kier alpha value is -2.49. The van der Waals surface area contributed by atoms with Crippen molar-refractivity contribution in [2.24, 2.45) is 0 Å². The molecule has 0 aromatic heterocycles. The molecule has 0 radical (unpaired) electrons. The average Bonchev–Trinajstić information content (AvgIpc) is 2.76. The van der Waals surface area contributed by atoms with Crippen LogP contribution in [0.5, 0.6) is 5.75 Å². The number of carbonyl (C=O) groups excluding carboxylic acids is 1. The number of hydrogen-bond donors (Lipinski definition) is 5. The lowest BCUT2D eigenvalue weighted by molar-refractivity contribution is -0.313. The summed E-state index contributed by atoms with van der Waals surface area (Å²) in [7, 11) is 1.57. The monoisotopic (exact) mass is 417 g/mol. The number of aliphatic hydroxyl groups is 4. The molecule has 1 amide bonds. The third-order valence-corrected chi connectivity index (χ3v) is 5.38. The van der Waals surface area contributed by atoms with Crippen LogP contribution in [-0.2, 0) is 4.74 Å². The van der Waals surface area contributed by atoms with E-state index >= 15 is 0 Å². The normalized spacial score (nSPS) is 28.8. The number of benzene rings is 2. The maximum atomic E-state index is 11.9. The minimum absolute atomic E-state index is 0.176. The molecule has 1 heterocycles. The molecule has 0 spiro atoms. The zero-order valence-corrected chi connectivity index (χ0v) is 17.1. The Labute approximate surface area is 174 Å². The first-order valence-corrected chi connectivity index (χ1v) is 9.63. The molecular formula is C22H27NO7. The lowest BCUT2D eigenvalue weighted by atomic mass is 9.89. The van der Waals surface area contributed by atoms with Gasteiger partial charge in [0.2, 0.25) is 6.29 Å². The van der Waals surface area contributed by atoms with E-state index in [1.54, 1.807) is 37.4 Å². The molecule has 2 aromatic carbocycles. The number of amides is 1. The van der Waals surface area contributed by atoms with E-state index in [9.17, 15) is 25.2 Å². The van der Waals surface area contributed by atoms with E-state index in [0.717, 1.165) is 16.7 Å². The first kappa shape index (κ1) is 22.2. The topological polar surface area (TPSA) is 128 Å². The van der Waals surface area contributed by atoms with E-state index < -0.39 is 36.8 Å². The molecule has 30 heavy (non-hydrogen) atoms. The van der Waals surface area contributed by atoms with Crippen molar-refractivity contribution in [3.63, 3.8) is 0 Å². The van der Waals surface area contributed by atoms with Gasteiger partial charge in [0.1, 0.15) is 29.7 Å². The zero-order chi connectivity index (χ0) is 22.1. The molecule has 0 saturated carbocycles. The van der Waals surface area contributed by atoms with Crippen LogP contribution in [0.2, 0.25) is 0 Å². The number of ether oxygens (including phenoxy) is 2. The van der Waals surface area contributed by atoms with Gasteiger partial charge in [-0.05, 0) is 54.8 Å². The fourth-order valence-electron chi connectivity index (χ4n) is 3.41. The van der Waals surface area contributed by atoms with Crippen LogP contribution in [0, 0.1) is 6.92 Å². The summed E-state index contributed by atoms with van der Waals surface area (Å²) in [6.07, 6.45) is -5.77. The second-order valence-corrected chi connectivity index (χ2v) is 7.64. The highest BCUT2D eigenvalue weighted by atomic mass is 16.7. The molecule has 2 aromatic rings. The highest BCUT2D eigenvalue weighted by molar-refractivity contribution is 5.95. The number of nitrogens with one attached hydrogen (secondary N) is 1. The van der Waals surface area contributed by atoms with Gasteiger partial charge in [-0.1, -0.05) is 18.2 Å².